The Hall–Kier alpha value is -1.42. The molecule has 120 valence electrons. The van der Waals surface area contributed by atoms with Crippen molar-refractivity contribution in [3.05, 3.63) is 30.3 Å². The van der Waals surface area contributed by atoms with Gasteiger partial charge in [-0.3, -0.25) is 4.79 Å². The van der Waals surface area contributed by atoms with Crippen LogP contribution in [0.1, 0.15) is 40.5 Å². The summed E-state index contributed by atoms with van der Waals surface area (Å²) < 4.78 is 0. The maximum absolute atomic E-state index is 12.7. The molecule has 22 heavy (non-hydrogen) atoms. The van der Waals surface area contributed by atoms with Crippen LogP contribution in [0.25, 0.3) is 0 Å². The second kappa shape index (κ2) is 6.37. The van der Waals surface area contributed by atoms with Crippen molar-refractivity contribution in [2.45, 2.75) is 40.5 Å². The Balaban J connectivity index is 1.92. The number of ketones is 1. The van der Waals surface area contributed by atoms with Crippen molar-refractivity contribution >= 4 is 28.8 Å². The van der Waals surface area contributed by atoms with Gasteiger partial charge in [-0.25, -0.2) is 0 Å². The first kappa shape index (κ1) is 16.9. The molecule has 0 amide bonds. The van der Waals surface area contributed by atoms with Gasteiger partial charge in [-0.05, 0) is 48.5 Å². The maximum atomic E-state index is 12.7. The van der Waals surface area contributed by atoms with Crippen LogP contribution in [0.15, 0.2) is 30.3 Å². The lowest BCUT2D eigenvalue weighted by molar-refractivity contribution is -0.132. The van der Waals surface area contributed by atoms with E-state index in [0.717, 1.165) is 18.5 Å². The Bertz CT molecular complexity index is 555. The quantitative estimate of drug-likeness (QED) is 0.823. The largest absolute Gasteiger partial charge is 0.355 e. The summed E-state index contributed by atoms with van der Waals surface area (Å²) in [6.07, 6.45) is 2.07. The van der Waals surface area contributed by atoms with Crippen molar-refractivity contribution in [3.8, 4) is 0 Å². The van der Waals surface area contributed by atoms with Gasteiger partial charge in [-0.2, -0.15) is 0 Å². The smallest absolute Gasteiger partial charge is 0.171 e. The van der Waals surface area contributed by atoms with Crippen LogP contribution in [0.2, 0.25) is 0 Å². The van der Waals surface area contributed by atoms with Gasteiger partial charge in [0.2, 0.25) is 0 Å². The molecule has 0 saturated heterocycles. The van der Waals surface area contributed by atoms with Gasteiger partial charge in [0.15, 0.2) is 10.9 Å². The molecule has 0 aromatic heterocycles. The second-order valence-corrected chi connectivity index (χ2v) is 7.50. The highest BCUT2D eigenvalue weighted by Crippen LogP contribution is 2.56. The molecule has 0 bridgehead atoms. The van der Waals surface area contributed by atoms with Gasteiger partial charge >= 0.3 is 0 Å². The van der Waals surface area contributed by atoms with E-state index in [1.165, 1.54) is 0 Å². The van der Waals surface area contributed by atoms with Gasteiger partial charge in [0.1, 0.15) is 0 Å². The third-order valence-electron chi connectivity index (χ3n) is 5.79. The standard InChI is InChI=1S/C18H26N2OS/c1-13-10-11-18(4,17(13,2)3)15(21)12-19-16(22)20-14-8-6-5-7-9-14/h5-9,13H,10-12H2,1-4H3,(H2,19,20,22)/t13-,18+/m0/s1. The number of Topliss-reactive ketones (excluding diaryl/α,β-unsaturated/α-hetero) is 1. The van der Waals surface area contributed by atoms with Crippen LogP contribution in [0, 0.1) is 16.7 Å². The monoisotopic (exact) mass is 318 g/mol. The molecule has 1 aliphatic rings. The van der Waals surface area contributed by atoms with E-state index in [-0.39, 0.29) is 23.2 Å². The van der Waals surface area contributed by atoms with Crippen LogP contribution < -0.4 is 10.6 Å². The van der Waals surface area contributed by atoms with Crippen molar-refractivity contribution < 1.29 is 4.79 Å². The molecule has 0 radical (unpaired) electrons. The Morgan fingerprint density at radius 3 is 2.45 bits per heavy atom. The number of hydrogen-bond acceptors (Lipinski definition) is 2. The molecular weight excluding hydrogens is 292 g/mol. The molecule has 1 aliphatic carbocycles. The van der Waals surface area contributed by atoms with Gasteiger partial charge in [0, 0.05) is 11.1 Å². The van der Waals surface area contributed by atoms with Crippen molar-refractivity contribution in [1.82, 2.24) is 5.32 Å². The van der Waals surface area contributed by atoms with E-state index in [4.69, 9.17) is 12.2 Å². The summed E-state index contributed by atoms with van der Waals surface area (Å²) >= 11 is 5.27. The number of para-hydroxylation sites is 1. The minimum absolute atomic E-state index is 0.0280. The van der Waals surface area contributed by atoms with Crippen LogP contribution in [-0.2, 0) is 4.79 Å². The molecule has 0 aliphatic heterocycles. The predicted molar refractivity (Wildman–Crippen MR) is 96.0 cm³/mol. The maximum Gasteiger partial charge on any atom is 0.171 e. The van der Waals surface area contributed by atoms with E-state index in [9.17, 15) is 4.79 Å². The minimum atomic E-state index is -0.276. The molecule has 2 rings (SSSR count). The molecule has 3 nitrogen and oxygen atoms in total. The Labute approximate surface area is 138 Å². The van der Waals surface area contributed by atoms with Crippen molar-refractivity contribution in [3.63, 3.8) is 0 Å². The topological polar surface area (TPSA) is 41.1 Å². The van der Waals surface area contributed by atoms with E-state index in [1.54, 1.807) is 0 Å². The minimum Gasteiger partial charge on any atom is -0.355 e. The second-order valence-electron chi connectivity index (χ2n) is 7.09. The number of hydrogen-bond donors (Lipinski definition) is 2. The predicted octanol–water partition coefficient (Wildman–Crippen LogP) is 4.00. The summed E-state index contributed by atoms with van der Waals surface area (Å²) in [4.78, 5) is 12.7. The highest BCUT2D eigenvalue weighted by atomic mass is 32.1. The van der Waals surface area contributed by atoms with Crippen LogP contribution >= 0.6 is 12.2 Å². The highest BCUT2D eigenvalue weighted by Gasteiger charge is 2.53. The van der Waals surface area contributed by atoms with Crippen molar-refractivity contribution in [2.24, 2.45) is 16.7 Å². The zero-order valence-electron chi connectivity index (χ0n) is 13.9. The summed E-state index contributed by atoms with van der Waals surface area (Å²) in [7, 11) is 0. The third kappa shape index (κ3) is 3.17. The first-order valence-corrected chi connectivity index (χ1v) is 8.31. The summed E-state index contributed by atoms with van der Waals surface area (Å²) in [6.45, 7) is 9.05. The van der Waals surface area contributed by atoms with Crippen LogP contribution in [-0.4, -0.2) is 17.4 Å². The Morgan fingerprint density at radius 2 is 1.91 bits per heavy atom. The fraction of sp³-hybridized carbons (Fsp3) is 0.556. The first-order valence-electron chi connectivity index (χ1n) is 7.90. The van der Waals surface area contributed by atoms with E-state index >= 15 is 0 Å². The molecular formula is C18H26N2OS. The molecule has 0 spiro atoms. The summed E-state index contributed by atoms with van der Waals surface area (Å²) in [6, 6.07) is 9.73. The zero-order valence-corrected chi connectivity index (χ0v) is 14.7. The molecule has 1 aromatic carbocycles. The molecule has 2 N–H and O–H groups in total. The number of thiocarbonyl (C=S) groups is 1. The highest BCUT2D eigenvalue weighted by molar-refractivity contribution is 7.80. The molecule has 1 aromatic rings. The average Bonchev–Trinajstić information content (AvgIpc) is 2.70. The van der Waals surface area contributed by atoms with Crippen molar-refractivity contribution in [2.75, 3.05) is 11.9 Å². The lowest BCUT2D eigenvalue weighted by Crippen LogP contribution is -2.45. The molecule has 0 unspecified atom stereocenters. The fourth-order valence-corrected chi connectivity index (χ4v) is 3.47. The number of benzene rings is 1. The molecule has 0 heterocycles. The van der Waals surface area contributed by atoms with E-state index in [0.29, 0.717) is 11.0 Å². The summed E-state index contributed by atoms with van der Waals surface area (Å²) in [5.74, 6) is 0.815. The van der Waals surface area contributed by atoms with Crippen LogP contribution in [0.4, 0.5) is 5.69 Å². The van der Waals surface area contributed by atoms with Gasteiger partial charge in [0.05, 0.1) is 6.54 Å². The normalized spacial score (nSPS) is 26.5. The molecule has 1 fully saturated rings. The SMILES string of the molecule is C[C@H]1CC[C@](C)(C(=O)CNC(=S)Nc2ccccc2)C1(C)C. The van der Waals surface area contributed by atoms with Gasteiger partial charge in [-0.15, -0.1) is 0 Å². The van der Waals surface area contributed by atoms with Crippen LogP contribution in [0.5, 0.6) is 0 Å². The number of carbonyl (C=O) groups excluding carboxylic acids is 1. The average molecular weight is 318 g/mol. The first-order chi connectivity index (χ1) is 10.3. The van der Waals surface area contributed by atoms with Gasteiger partial charge < -0.3 is 10.6 Å². The van der Waals surface area contributed by atoms with Crippen molar-refractivity contribution in [1.29, 1.82) is 0 Å². The summed E-state index contributed by atoms with van der Waals surface area (Å²) in [5, 5.41) is 6.65. The van der Waals surface area contributed by atoms with Gasteiger partial charge in [0.25, 0.3) is 0 Å². The number of carbonyl (C=O) groups is 1. The Kier molecular flexibility index (Phi) is 4.90. The van der Waals surface area contributed by atoms with E-state index < -0.39 is 0 Å². The molecule has 2 atom stereocenters. The van der Waals surface area contributed by atoms with E-state index in [1.807, 2.05) is 30.3 Å². The fourth-order valence-electron chi connectivity index (χ4n) is 3.28. The molecule has 4 heteroatoms. The lowest BCUT2D eigenvalue weighted by atomic mass is 9.64. The molecule has 1 saturated carbocycles. The lowest BCUT2D eigenvalue weighted by Gasteiger charge is -2.39. The number of rotatable bonds is 4. The Morgan fingerprint density at radius 1 is 1.27 bits per heavy atom. The summed E-state index contributed by atoms with van der Waals surface area (Å²) in [5.41, 5.74) is 0.677. The van der Waals surface area contributed by atoms with Crippen LogP contribution in [0.3, 0.4) is 0 Å². The number of anilines is 1. The zero-order chi connectivity index (χ0) is 16.4. The third-order valence-corrected chi connectivity index (χ3v) is 6.03. The number of nitrogens with one attached hydrogen (secondary N) is 2. The van der Waals surface area contributed by atoms with E-state index in [2.05, 4.69) is 38.3 Å². The van der Waals surface area contributed by atoms with Gasteiger partial charge in [-0.1, -0.05) is 45.9 Å².